The molecule has 1 aromatic heterocycles. The van der Waals surface area contributed by atoms with E-state index in [9.17, 15) is 15.2 Å². The van der Waals surface area contributed by atoms with Crippen LogP contribution in [0.3, 0.4) is 0 Å². The summed E-state index contributed by atoms with van der Waals surface area (Å²) in [5, 5.41) is 23.4. The topological polar surface area (TPSA) is 120 Å². The quantitative estimate of drug-likeness (QED) is 0.443. The van der Waals surface area contributed by atoms with E-state index in [-0.39, 0.29) is 30.4 Å². The van der Waals surface area contributed by atoms with Gasteiger partial charge in [0.05, 0.1) is 12.8 Å². The maximum atomic E-state index is 12.1. The number of aromatic nitrogens is 1. The fourth-order valence-electron chi connectivity index (χ4n) is 2.97. The van der Waals surface area contributed by atoms with Gasteiger partial charge in [-0.05, 0) is 39.0 Å². The van der Waals surface area contributed by atoms with Crippen LogP contribution in [0.1, 0.15) is 36.2 Å². The highest BCUT2D eigenvalue weighted by Gasteiger charge is 2.14. The van der Waals surface area contributed by atoms with Crippen LogP contribution in [-0.4, -0.2) is 49.0 Å². The first-order valence-electron chi connectivity index (χ1n) is 9.85. The third-order valence-electron chi connectivity index (χ3n) is 4.48. The zero-order valence-corrected chi connectivity index (χ0v) is 18.2. The van der Waals surface area contributed by atoms with Gasteiger partial charge in [0.2, 0.25) is 5.88 Å². The number of rotatable bonds is 10. The molecule has 2 N–H and O–H groups in total. The molecule has 31 heavy (non-hydrogen) atoms. The number of carbonyl (C=O) groups is 1. The number of aryl methyl sites for hydroxylation is 1. The minimum atomic E-state index is -0.531. The molecule has 0 unspecified atom stereocenters. The Bertz CT molecular complexity index is 981. The summed E-state index contributed by atoms with van der Waals surface area (Å²) in [7, 11) is 1.53. The summed E-state index contributed by atoms with van der Waals surface area (Å²) in [5.41, 5.74) is 5.20. The average molecular weight is 425 g/mol. The second-order valence-corrected chi connectivity index (χ2v) is 6.64. The number of ether oxygens (including phenoxy) is 2. The second kappa shape index (κ2) is 11.5. The maximum Gasteiger partial charge on any atom is 0.278 e. The molecule has 9 nitrogen and oxygen atoms in total. The van der Waals surface area contributed by atoms with Gasteiger partial charge in [-0.3, -0.25) is 4.79 Å². The monoisotopic (exact) mass is 425 g/mol. The largest absolute Gasteiger partial charge is 0.507 e. The molecule has 9 heteroatoms. The standard InChI is InChI=1S/C22H27N5O4/c1-5-27(6-2)18-8-7-16(20(28)10-18)12-24-26-21(29)14-31-22-19(11-23)17(13-30-4)9-15(3)25-22/h7-10,12,28H,5-6,13-14H2,1-4H3,(H,26,29)/b24-12+. The van der Waals surface area contributed by atoms with Crippen LogP contribution in [0.5, 0.6) is 11.6 Å². The molecule has 164 valence electrons. The van der Waals surface area contributed by atoms with Gasteiger partial charge in [0.1, 0.15) is 17.4 Å². The summed E-state index contributed by atoms with van der Waals surface area (Å²) < 4.78 is 10.5. The molecule has 0 aliphatic rings. The van der Waals surface area contributed by atoms with Gasteiger partial charge in [-0.25, -0.2) is 10.4 Å². The first-order valence-corrected chi connectivity index (χ1v) is 9.85. The van der Waals surface area contributed by atoms with E-state index in [1.807, 2.05) is 26.0 Å². The van der Waals surface area contributed by atoms with Crippen LogP contribution in [0.25, 0.3) is 0 Å². The Hall–Kier alpha value is -3.64. The smallest absolute Gasteiger partial charge is 0.278 e. The van der Waals surface area contributed by atoms with Crippen LogP contribution >= 0.6 is 0 Å². The van der Waals surface area contributed by atoms with Crippen molar-refractivity contribution in [2.45, 2.75) is 27.4 Å². The summed E-state index contributed by atoms with van der Waals surface area (Å²) in [6.07, 6.45) is 1.35. The molecule has 0 aliphatic heterocycles. The van der Waals surface area contributed by atoms with Crippen LogP contribution in [0, 0.1) is 18.3 Å². The summed E-state index contributed by atoms with van der Waals surface area (Å²) in [5.74, 6) is -0.402. The van der Waals surface area contributed by atoms with Crippen molar-refractivity contribution in [1.29, 1.82) is 5.26 Å². The number of nitrogens with zero attached hydrogens (tertiary/aromatic N) is 4. The number of anilines is 1. The van der Waals surface area contributed by atoms with Gasteiger partial charge in [-0.2, -0.15) is 10.4 Å². The first kappa shape index (κ1) is 23.6. The van der Waals surface area contributed by atoms with Crippen molar-refractivity contribution in [2.75, 3.05) is 31.7 Å². The number of pyridine rings is 1. The van der Waals surface area contributed by atoms with E-state index in [4.69, 9.17) is 9.47 Å². The Morgan fingerprint density at radius 3 is 2.71 bits per heavy atom. The molecule has 2 aromatic rings. The fourth-order valence-corrected chi connectivity index (χ4v) is 2.97. The summed E-state index contributed by atoms with van der Waals surface area (Å²) in [4.78, 5) is 18.3. The molecule has 1 amide bonds. The highest BCUT2D eigenvalue weighted by molar-refractivity contribution is 5.86. The highest BCUT2D eigenvalue weighted by Crippen LogP contribution is 2.24. The molecule has 0 saturated carbocycles. The predicted molar refractivity (Wildman–Crippen MR) is 117 cm³/mol. The van der Waals surface area contributed by atoms with E-state index < -0.39 is 5.91 Å². The van der Waals surface area contributed by atoms with Crippen LogP contribution in [0.4, 0.5) is 5.69 Å². The maximum absolute atomic E-state index is 12.1. The number of nitriles is 1. The lowest BCUT2D eigenvalue weighted by atomic mass is 10.1. The molecular formula is C22H27N5O4. The Morgan fingerprint density at radius 2 is 2.10 bits per heavy atom. The number of hydrogen-bond donors (Lipinski definition) is 2. The van der Waals surface area contributed by atoms with Crippen molar-refractivity contribution in [3.63, 3.8) is 0 Å². The summed E-state index contributed by atoms with van der Waals surface area (Å²) in [6.45, 7) is 7.36. The lowest BCUT2D eigenvalue weighted by molar-refractivity contribution is -0.123. The Balaban J connectivity index is 1.99. The van der Waals surface area contributed by atoms with Gasteiger partial charge in [0.15, 0.2) is 6.61 Å². The number of methoxy groups -OCH3 is 1. The molecule has 0 aliphatic carbocycles. The number of hydrogen-bond acceptors (Lipinski definition) is 8. The van der Waals surface area contributed by atoms with Gasteiger partial charge in [-0.1, -0.05) is 0 Å². The normalized spacial score (nSPS) is 10.7. The van der Waals surface area contributed by atoms with E-state index >= 15 is 0 Å². The van der Waals surface area contributed by atoms with Crippen molar-refractivity contribution in [2.24, 2.45) is 5.10 Å². The van der Waals surface area contributed by atoms with E-state index in [2.05, 4.69) is 20.4 Å². The van der Waals surface area contributed by atoms with Crippen LogP contribution < -0.4 is 15.1 Å². The van der Waals surface area contributed by atoms with Crippen molar-refractivity contribution < 1.29 is 19.4 Å². The van der Waals surface area contributed by atoms with Crippen molar-refractivity contribution >= 4 is 17.8 Å². The molecule has 2 rings (SSSR count). The molecule has 1 aromatic carbocycles. The lowest BCUT2D eigenvalue weighted by Gasteiger charge is -2.21. The van der Waals surface area contributed by atoms with Gasteiger partial charge < -0.3 is 19.5 Å². The number of phenols is 1. The van der Waals surface area contributed by atoms with E-state index in [1.165, 1.54) is 13.3 Å². The number of aromatic hydroxyl groups is 1. The zero-order chi connectivity index (χ0) is 22.8. The Labute approximate surface area is 181 Å². The molecule has 0 spiro atoms. The molecule has 0 fully saturated rings. The van der Waals surface area contributed by atoms with Crippen LogP contribution in [0.15, 0.2) is 29.4 Å². The molecular weight excluding hydrogens is 398 g/mol. The molecule has 1 heterocycles. The fraction of sp³-hybridized carbons (Fsp3) is 0.364. The average Bonchev–Trinajstić information content (AvgIpc) is 2.74. The molecule has 0 bridgehead atoms. The Morgan fingerprint density at radius 1 is 1.35 bits per heavy atom. The van der Waals surface area contributed by atoms with Gasteiger partial charge in [-0.15, -0.1) is 0 Å². The van der Waals surface area contributed by atoms with Gasteiger partial charge in [0.25, 0.3) is 5.91 Å². The number of amides is 1. The van der Waals surface area contributed by atoms with E-state index in [0.717, 1.165) is 18.8 Å². The lowest BCUT2D eigenvalue weighted by Crippen LogP contribution is -2.25. The minimum Gasteiger partial charge on any atom is -0.507 e. The minimum absolute atomic E-state index is 0.0620. The summed E-state index contributed by atoms with van der Waals surface area (Å²) >= 11 is 0. The number of carbonyl (C=O) groups excluding carboxylic acids is 1. The second-order valence-electron chi connectivity index (χ2n) is 6.64. The Kier molecular flexibility index (Phi) is 8.78. The van der Waals surface area contributed by atoms with Crippen molar-refractivity contribution in [1.82, 2.24) is 10.4 Å². The molecule has 0 saturated heterocycles. The predicted octanol–water partition coefficient (Wildman–Crippen LogP) is 2.49. The number of hydrazone groups is 1. The third kappa shape index (κ3) is 6.42. The van der Waals surface area contributed by atoms with Gasteiger partial charge in [0, 0.05) is 48.8 Å². The third-order valence-corrected chi connectivity index (χ3v) is 4.48. The first-order chi connectivity index (χ1) is 14.9. The van der Waals surface area contributed by atoms with E-state index in [0.29, 0.717) is 16.8 Å². The summed E-state index contributed by atoms with van der Waals surface area (Å²) in [6, 6.07) is 9.02. The number of benzene rings is 1. The highest BCUT2D eigenvalue weighted by atomic mass is 16.5. The zero-order valence-electron chi connectivity index (χ0n) is 18.2. The number of phenolic OH excluding ortho intramolecular Hbond substituents is 1. The molecule has 0 radical (unpaired) electrons. The van der Waals surface area contributed by atoms with Gasteiger partial charge >= 0.3 is 0 Å². The van der Waals surface area contributed by atoms with Crippen molar-refractivity contribution in [3.05, 3.63) is 46.6 Å². The van der Waals surface area contributed by atoms with Crippen molar-refractivity contribution in [3.8, 4) is 17.7 Å². The molecule has 0 atom stereocenters. The van der Waals surface area contributed by atoms with Crippen LogP contribution in [0.2, 0.25) is 0 Å². The SMILES string of the molecule is CCN(CC)c1ccc(/C=N/NC(=O)COc2nc(C)cc(COC)c2C#N)c(O)c1. The van der Waals surface area contributed by atoms with E-state index in [1.54, 1.807) is 25.1 Å². The number of nitrogens with one attached hydrogen (secondary N) is 1. The van der Waals surface area contributed by atoms with Crippen LogP contribution in [-0.2, 0) is 16.1 Å².